The molecule has 0 unspecified atom stereocenters. The third-order valence-corrected chi connectivity index (χ3v) is 5.28. The molecule has 1 aromatic rings. The van der Waals surface area contributed by atoms with Crippen LogP contribution in [0.5, 0.6) is 0 Å². The number of hydrogen-bond acceptors (Lipinski definition) is 2. The summed E-state index contributed by atoms with van der Waals surface area (Å²) in [5, 5.41) is 0. The van der Waals surface area contributed by atoms with Crippen molar-refractivity contribution in [2.45, 2.75) is 44.1 Å². The van der Waals surface area contributed by atoms with Crippen molar-refractivity contribution >= 4 is 5.69 Å². The molecule has 0 saturated heterocycles. The van der Waals surface area contributed by atoms with Crippen LogP contribution in [0.4, 0.5) is 5.69 Å². The van der Waals surface area contributed by atoms with E-state index in [0.29, 0.717) is 5.54 Å². The Kier molecular flexibility index (Phi) is 2.41. The Labute approximate surface area is 109 Å². The van der Waals surface area contributed by atoms with E-state index in [1.54, 1.807) is 0 Å². The summed E-state index contributed by atoms with van der Waals surface area (Å²) < 4.78 is 0. The molecule has 5 rings (SSSR count). The Morgan fingerprint density at radius 1 is 0.833 bits per heavy atom. The zero-order valence-electron chi connectivity index (χ0n) is 10.9. The highest BCUT2D eigenvalue weighted by atomic mass is 15.4. The van der Waals surface area contributed by atoms with Crippen LogP contribution >= 0.6 is 0 Å². The van der Waals surface area contributed by atoms with Crippen molar-refractivity contribution in [2.75, 3.05) is 5.43 Å². The maximum atomic E-state index is 3.69. The maximum Gasteiger partial charge on any atom is 0.0487 e. The summed E-state index contributed by atoms with van der Waals surface area (Å²) in [4.78, 5) is 0. The van der Waals surface area contributed by atoms with E-state index in [1.807, 2.05) is 0 Å². The zero-order valence-corrected chi connectivity index (χ0v) is 10.9. The number of nitrogens with one attached hydrogen (secondary N) is 2. The van der Waals surface area contributed by atoms with Crippen molar-refractivity contribution in [3.63, 3.8) is 0 Å². The summed E-state index contributed by atoms with van der Waals surface area (Å²) in [6.45, 7) is 0. The third-order valence-electron chi connectivity index (χ3n) is 5.28. The third kappa shape index (κ3) is 1.83. The van der Waals surface area contributed by atoms with Gasteiger partial charge in [0.05, 0.1) is 0 Å². The van der Waals surface area contributed by atoms with Crippen LogP contribution in [0.2, 0.25) is 0 Å². The lowest BCUT2D eigenvalue weighted by Gasteiger charge is -2.56. The van der Waals surface area contributed by atoms with E-state index in [-0.39, 0.29) is 0 Å². The predicted molar refractivity (Wildman–Crippen MR) is 74.1 cm³/mol. The van der Waals surface area contributed by atoms with Gasteiger partial charge in [0.25, 0.3) is 0 Å². The van der Waals surface area contributed by atoms with Crippen molar-refractivity contribution in [3.05, 3.63) is 30.3 Å². The van der Waals surface area contributed by atoms with Gasteiger partial charge in [-0.15, -0.1) is 0 Å². The molecule has 2 heteroatoms. The minimum absolute atomic E-state index is 0.393. The fourth-order valence-electron chi connectivity index (χ4n) is 4.99. The second-order valence-corrected chi connectivity index (χ2v) is 6.81. The van der Waals surface area contributed by atoms with Gasteiger partial charge < -0.3 is 5.43 Å². The number of hydrogen-bond donors (Lipinski definition) is 2. The first kappa shape index (κ1) is 10.9. The highest BCUT2D eigenvalue weighted by Gasteiger charge is 2.50. The van der Waals surface area contributed by atoms with Gasteiger partial charge in [0.2, 0.25) is 0 Å². The second-order valence-electron chi connectivity index (χ2n) is 6.81. The first-order valence-corrected chi connectivity index (χ1v) is 7.40. The average Bonchev–Trinajstić information content (AvgIpc) is 2.36. The molecule has 0 aromatic heterocycles. The van der Waals surface area contributed by atoms with Crippen molar-refractivity contribution in [1.82, 2.24) is 5.43 Å². The average molecular weight is 242 g/mol. The smallest absolute Gasteiger partial charge is 0.0487 e. The highest BCUT2D eigenvalue weighted by molar-refractivity contribution is 5.41. The Morgan fingerprint density at radius 2 is 1.39 bits per heavy atom. The molecule has 0 atom stereocenters. The quantitative estimate of drug-likeness (QED) is 0.792. The monoisotopic (exact) mass is 242 g/mol. The van der Waals surface area contributed by atoms with Crippen LogP contribution in [0.1, 0.15) is 38.5 Å². The van der Waals surface area contributed by atoms with E-state index in [4.69, 9.17) is 0 Å². The van der Waals surface area contributed by atoms with Crippen LogP contribution in [0.3, 0.4) is 0 Å². The zero-order chi connectivity index (χ0) is 12.0. The Hall–Kier alpha value is -1.02. The molecular weight excluding hydrogens is 220 g/mol. The maximum absolute atomic E-state index is 3.69. The molecule has 0 heterocycles. The van der Waals surface area contributed by atoms with Gasteiger partial charge in [-0.05, 0) is 68.4 Å². The molecule has 0 amide bonds. The van der Waals surface area contributed by atoms with Crippen LogP contribution in [-0.4, -0.2) is 5.54 Å². The lowest BCUT2D eigenvalue weighted by molar-refractivity contribution is -0.0160. The van der Waals surface area contributed by atoms with Crippen molar-refractivity contribution in [2.24, 2.45) is 17.8 Å². The number of benzene rings is 1. The lowest BCUT2D eigenvalue weighted by atomic mass is 9.53. The van der Waals surface area contributed by atoms with Gasteiger partial charge in [0.15, 0.2) is 0 Å². The Balaban J connectivity index is 1.48. The molecule has 0 radical (unpaired) electrons. The van der Waals surface area contributed by atoms with Crippen LogP contribution in [0.25, 0.3) is 0 Å². The molecule has 1 aromatic carbocycles. The molecule has 18 heavy (non-hydrogen) atoms. The van der Waals surface area contributed by atoms with Crippen molar-refractivity contribution in [3.8, 4) is 0 Å². The largest absolute Gasteiger partial charge is 0.321 e. The van der Waals surface area contributed by atoms with Crippen LogP contribution < -0.4 is 10.9 Å². The van der Waals surface area contributed by atoms with E-state index in [9.17, 15) is 0 Å². The number of anilines is 1. The summed E-state index contributed by atoms with van der Waals surface area (Å²) in [5.74, 6) is 3.00. The summed E-state index contributed by atoms with van der Waals surface area (Å²) >= 11 is 0. The van der Waals surface area contributed by atoms with Gasteiger partial charge in [0, 0.05) is 11.2 Å². The Morgan fingerprint density at radius 3 is 1.94 bits per heavy atom. The van der Waals surface area contributed by atoms with E-state index < -0.39 is 0 Å². The Bertz CT molecular complexity index is 391. The lowest BCUT2D eigenvalue weighted by Crippen LogP contribution is -2.59. The predicted octanol–water partition coefficient (Wildman–Crippen LogP) is 3.57. The minimum Gasteiger partial charge on any atom is -0.321 e. The van der Waals surface area contributed by atoms with Crippen LogP contribution in [0, 0.1) is 17.8 Å². The molecule has 4 fully saturated rings. The van der Waals surface area contributed by atoms with Crippen molar-refractivity contribution in [1.29, 1.82) is 0 Å². The highest BCUT2D eigenvalue weighted by Crippen LogP contribution is 2.55. The van der Waals surface area contributed by atoms with E-state index in [2.05, 4.69) is 41.2 Å². The SMILES string of the molecule is c1ccc(NNC23CC4CC(CC(C4)C2)C3)cc1. The molecule has 4 saturated carbocycles. The molecule has 4 aliphatic rings. The van der Waals surface area contributed by atoms with Crippen molar-refractivity contribution < 1.29 is 0 Å². The van der Waals surface area contributed by atoms with Gasteiger partial charge >= 0.3 is 0 Å². The fourth-order valence-corrected chi connectivity index (χ4v) is 4.99. The second kappa shape index (κ2) is 3.99. The van der Waals surface area contributed by atoms with Crippen LogP contribution in [0.15, 0.2) is 30.3 Å². The first-order valence-electron chi connectivity index (χ1n) is 7.40. The van der Waals surface area contributed by atoms with Gasteiger partial charge in [-0.25, -0.2) is 5.43 Å². The van der Waals surface area contributed by atoms with Gasteiger partial charge in [0.1, 0.15) is 0 Å². The van der Waals surface area contributed by atoms with Gasteiger partial charge in [-0.3, -0.25) is 0 Å². The summed E-state index contributed by atoms with van der Waals surface area (Å²) in [6.07, 6.45) is 8.68. The van der Waals surface area contributed by atoms with Gasteiger partial charge in [-0.1, -0.05) is 18.2 Å². The van der Waals surface area contributed by atoms with E-state index in [0.717, 1.165) is 17.8 Å². The molecule has 0 spiro atoms. The molecule has 2 nitrogen and oxygen atoms in total. The summed E-state index contributed by atoms with van der Waals surface area (Å²) in [5.41, 5.74) is 8.73. The molecule has 2 N–H and O–H groups in total. The number of rotatable bonds is 3. The normalized spacial score (nSPS) is 41.0. The molecule has 96 valence electrons. The summed E-state index contributed by atoms with van der Waals surface area (Å²) in [6, 6.07) is 10.5. The van der Waals surface area contributed by atoms with Gasteiger partial charge in [-0.2, -0.15) is 0 Å². The topological polar surface area (TPSA) is 24.1 Å². The first-order chi connectivity index (χ1) is 8.81. The fraction of sp³-hybridized carbons (Fsp3) is 0.625. The molecular formula is C16H22N2. The molecule has 4 bridgehead atoms. The van der Waals surface area contributed by atoms with E-state index in [1.165, 1.54) is 44.2 Å². The number of hydrazine groups is 1. The van der Waals surface area contributed by atoms with E-state index >= 15 is 0 Å². The summed E-state index contributed by atoms with van der Waals surface area (Å²) in [7, 11) is 0. The standard InChI is InChI=1S/C16H22N2/c1-2-4-15(5-3-1)17-18-16-9-12-6-13(10-16)8-14(7-12)11-16/h1-5,12-14,17-18H,6-11H2. The minimum atomic E-state index is 0.393. The number of para-hydroxylation sites is 1. The molecule has 4 aliphatic carbocycles. The van der Waals surface area contributed by atoms with Crippen LogP contribution in [-0.2, 0) is 0 Å². The molecule has 0 aliphatic heterocycles.